The van der Waals surface area contributed by atoms with Gasteiger partial charge in [-0.05, 0) is 35.4 Å². The van der Waals surface area contributed by atoms with E-state index in [0.717, 1.165) is 5.56 Å². The van der Waals surface area contributed by atoms with E-state index in [1.54, 1.807) is 30.3 Å². The number of halogens is 3. The number of hydrogen-bond donors (Lipinski definition) is 2. The maximum absolute atomic E-state index is 12.3. The molecule has 0 fully saturated rings. The molecule has 2 aromatic rings. The molecule has 0 radical (unpaired) electrons. The highest BCUT2D eigenvalue weighted by atomic mass is 19.4. The van der Waals surface area contributed by atoms with Crippen LogP contribution in [0.2, 0.25) is 0 Å². The molecule has 168 valence electrons. The van der Waals surface area contributed by atoms with Crippen molar-refractivity contribution in [2.45, 2.75) is 32.5 Å². The van der Waals surface area contributed by atoms with Gasteiger partial charge in [0.15, 0.2) is 0 Å². The Morgan fingerprint density at radius 3 is 2.35 bits per heavy atom. The molecule has 0 unspecified atom stereocenters. The fraction of sp³-hybridized carbons (Fsp3) is 0.333. The molecule has 31 heavy (non-hydrogen) atoms. The zero-order valence-corrected chi connectivity index (χ0v) is 17.0. The van der Waals surface area contributed by atoms with E-state index in [1.807, 2.05) is 0 Å². The topological polar surface area (TPSA) is 85.9 Å². The monoisotopic (exact) mass is 440 g/mol. The summed E-state index contributed by atoms with van der Waals surface area (Å²) in [5.74, 6) is -0.522. The maximum Gasteiger partial charge on any atom is 0.573 e. The van der Waals surface area contributed by atoms with Crippen molar-refractivity contribution in [3.05, 3.63) is 59.7 Å². The van der Waals surface area contributed by atoms with E-state index in [2.05, 4.69) is 15.4 Å². The molecule has 0 spiro atoms. The smallest absolute Gasteiger partial charge is 0.489 e. The number of benzene rings is 2. The van der Waals surface area contributed by atoms with Gasteiger partial charge in [-0.3, -0.25) is 9.59 Å². The van der Waals surface area contributed by atoms with E-state index in [4.69, 9.17) is 9.47 Å². The van der Waals surface area contributed by atoms with Gasteiger partial charge < -0.3 is 24.8 Å². The zero-order chi connectivity index (χ0) is 22.9. The summed E-state index contributed by atoms with van der Waals surface area (Å²) in [5, 5.41) is 5.22. The Labute approximate surface area is 177 Å². The van der Waals surface area contributed by atoms with Gasteiger partial charge in [0.1, 0.15) is 24.1 Å². The second-order valence-corrected chi connectivity index (χ2v) is 6.55. The number of methoxy groups -OCH3 is 1. The van der Waals surface area contributed by atoms with Crippen LogP contribution in [0.1, 0.15) is 18.1 Å². The summed E-state index contributed by atoms with van der Waals surface area (Å²) in [6.45, 7) is 1.65. The van der Waals surface area contributed by atoms with E-state index >= 15 is 0 Å². The van der Waals surface area contributed by atoms with Gasteiger partial charge in [0.05, 0.1) is 6.61 Å². The lowest BCUT2D eigenvalue weighted by molar-refractivity contribution is -0.274. The van der Waals surface area contributed by atoms with Gasteiger partial charge in [-0.15, -0.1) is 13.2 Å². The Hall–Kier alpha value is -3.27. The summed E-state index contributed by atoms with van der Waals surface area (Å²) in [7, 11) is 1.43. The van der Waals surface area contributed by atoms with Gasteiger partial charge in [-0.2, -0.15) is 0 Å². The van der Waals surface area contributed by atoms with Crippen molar-refractivity contribution in [1.82, 2.24) is 10.6 Å². The Balaban J connectivity index is 1.86. The van der Waals surface area contributed by atoms with Gasteiger partial charge in [-0.1, -0.05) is 24.3 Å². The van der Waals surface area contributed by atoms with Gasteiger partial charge >= 0.3 is 6.36 Å². The lowest BCUT2D eigenvalue weighted by Gasteiger charge is -2.16. The molecule has 2 amide bonds. The normalized spacial score (nSPS) is 12.0. The zero-order valence-electron chi connectivity index (χ0n) is 17.0. The molecule has 1 atom stereocenters. The molecule has 0 aromatic heterocycles. The predicted molar refractivity (Wildman–Crippen MR) is 105 cm³/mol. The van der Waals surface area contributed by atoms with E-state index in [1.165, 1.54) is 32.2 Å². The van der Waals surface area contributed by atoms with Crippen LogP contribution in [0.5, 0.6) is 11.5 Å². The Bertz CT molecular complexity index is 872. The standard InChI is InChI=1S/C21H23F3N2O5/c1-14(27)26-19(13-29-2)20(28)25-11-15-6-8-17(9-7-15)30-12-16-4-3-5-18(10-16)31-21(22,23)24/h3-10,19H,11-13H2,1-2H3,(H,25,28)(H,26,27)/t19-/m1/s1. The number of ether oxygens (including phenoxy) is 3. The van der Waals surface area contributed by atoms with Crippen molar-refractivity contribution >= 4 is 11.8 Å². The quantitative estimate of drug-likeness (QED) is 0.594. The summed E-state index contributed by atoms with van der Waals surface area (Å²) in [5.41, 5.74) is 1.31. The third kappa shape index (κ3) is 8.95. The summed E-state index contributed by atoms with van der Waals surface area (Å²) < 4.78 is 51.3. The van der Waals surface area contributed by atoms with E-state index in [0.29, 0.717) is 11.3 Å². The first kappa shape index (κ1) is 24.0. The molecular weight excluding hydrogens is 417 g/mol. The molecule has 2 N–H and O–H groups in total. The number of carbonyl (C=O) groups excluding carboxylic acids is 2. The minimum absolute atomic E-state index is 0.0490. The first-order valence-corrected chi connectivity index (χ1v) is 9.26. The van der Waals surface area contributed by atoms with Gasteiger partial charge in [-0.25, -0.2) is 0 Å². The maximum atomic E-state index is 12.3. The Morgan fingerprint density at radius 2 is 1.74 bits per heavy atom. The number of carbonyl (C=O) groups is 2. The number of alkyl halides is 3. The van der Waals surface area contributed by atoms with Crippen molar-refractivity contribution in [3.63, 3.8) is 0 Å². The molecule has 0 saturated carbocycles. The number of amides is 2. The molecule has 0 aliphatic carbocycles. The highest BCUT2D eigenvalue weighted by Crippen LogP contribution is 2.24. The lowest BCUT2D eigenvalue weighted by Crippen LogP contribution is -2.48. The summed E-state index contributed by atoms with van der Waals surface area (Å²) in [4.78, 5) is 23.3. The summed E-state index contributed by atoms with van der Waals surface area (Å²) in [6.07, 6.45) is -4.75. The summed E-state index contributed by atoms with van der Waals surface area (Å²) in [6, 6.07) is 11.6. The van der Waals surface area contributed by atoms with E-state index in [-0.39, 0.29) is 37.3 Å². The third-order valence-corrected chi connectivity index (χ3v) is 3.95. The first-order valence-electron chi connectivity index (χ1n) is 9.26. The first-order chi connectivity index (χ1) is 14.7. The third-order valence-electron chi connectivity index (χ3n) is 3.95. The molecule has 0 aliphatic heterocycles. The summed E-state index contributed by atoms with van der Waals surface area (Å²) >= 11 is 0. The van der Waals surface area contributed by atoms with Crippen molar-refractivity contribution < 1.29 is 37.0 Å². The molecule has 0 heterocycles. The number of rotatable bonds is 10. The average molecular weight is 440 g/mol. The Kier molecular flexibility index (Phi) is 8.68. The highest BCUT2D eigenvalue weighted by Gasteiger charge is 2.31. The molecule has 0 aliphatic rings. The Morgan fingerprint density at radius 1 is 1.03 bits per heavy atom. The van der Waals surface area contributed by atoms with Crippen LogP contribution in [0.15, 0.2) is 48.5 Å². The lowest BCUT2D eigenvalue weighted by atomic mass is 10.2. The molecule has 10 heteroatoms. The fourth-order valence-corrected chi connectivity index (χ4v) is 2.61. The van der Waals surface area contributed by atoms with Crippen molar-refractivity contribution in [3.8, 4) is 11.5 Å². The number of hydrogen-bond acceptors (Lipinski definition) is 5. The van der Waals surface area contributed by atoms with Crippen LogP contribution in [-0.2, 0) is 27.5 Å². The van der Waals surface area contributed by atoms with Crippen LogP contribution >= 0.6 is 0 Å². The molecule has 0 saturated heterocycles. The van der Waals surface area contributed by atoms with Crippen LogP contribution in [-0.4, -0.2) is 37.9 Å². The van der Waals surface area contributed by atoms with Crippen LogP contribution in [0, 0.1) is 0 Å². The van der Waals surface area contributed by atoms with Crippen LogP contribution < -0.4 is 20.1 Å². The minimum atomic E-state index is -4.75. The van der Waals surface area contributed by atoms with Gasteiger partial charge in [0.25, 0.3) is 0 Å². The fourth-order valence-electron chi connectivity index (χ4n) is 2.61. The molecule has 2 rings (SSSR count). The van der Waals surface area contributed by atoms with Crippen molar-refractivity contribution in [2.24, 2.45) is 0 Å². The molecule has 7 nitrogen and oxygen atoms in total. The molecule has 2 aromatic carbocycles. The SMILES string of the molecule is COC[C@@H](NC(C)=O)C(=O)NCc1ccc(OCc2cccc(OC(F)(F)F)c2)cc1. The second kappa shape index (κ2) is 11.2. The average Bonchev–Trinajstić information content (AvgIpc) is 2.69. The number of nitrogens with one attached hydrogen (secondary N) is 2. The van der Waals surface area contributed by atoms with Crippen LogP contribution in [0.4, 0.5) is 13.2 Å². The van der Waals surface area contributed by atoms with E-state index in [9.17, 15) is 22.8 Å². The van der Waals surface area contributed by atoms with Crippen molar-refractivity contribution in [1.29, 1.82) is 0 Å². The highest BCUT2D eigenvalue weighted by molar-refractivity contribution is 5.86. The van der Waals surface area contributed by atoms with Crippen molar-refractivity contribution in [2.75, 3.05) is 13.7 Å². The predicted octanol–water partition coefficient (Wildman–Crippen LogP) is 2.93. The van der Waals surface area contributed by atoms with Crippen LogP contribution in [0.25, 0.3) is 0 Å². The van der Waals surface area contributed by atoms with Crippen LogP contribution in [0.3, 0.4) is 0 Å². The minimum Gasteiger partial charge on any atom is -0.489 e. The van der Waals surface area contributed by atoms with E-state index < -0.39 is 12.4 Å². The van der Waals surface area contributed by atoms with Gasteiger partial charge in [0, 0.05) is 20.6 Å². The van der Waals surface area contributed by atoms with Gasteiger partial charge in [0.2, 0.25) is 11.8 Å². The molecular formula is C21H23F3N2O5. The molecule has 0 bridgehead atoms. The largest absolute Gasteiger partial charge is 0.573 e. The second-order valence-electron chi connectivity index (χ2n) is 6.55.